The first kappa shape index (κ1) is 13.6. The van der Waals surface area contributed by atoms with Crippen molar-refractivity contribution in [3.63, 3.8) is 0 Å². The smallest absolute Gasteiger partial charge is 0.222 e. The van der Waals surface area contributed by atoms with Crippen LogP contribution in [0.5, 0.6) is 0 Å². The summed E-state index contributed by atoms with van der Waals surface area (Å²) in [7, 11) is 0. The molecule has 0 radical (unpaired) electrons. The molecule has 0 bridgehead atoms. The number of hydrogen-bond donors (Lipinski definition) is 3. The lowest BCUT2D eigenvalue weighted by Crippen LogP contribution is -2.29. The molecule has 0 spiro atoms. The monoisotopic (exact) mass is 260 g/mol. The Hall–Kier alpha value is -1.81. The van der Waals surface area contributed by atoms with Crippen molar-refractivity contribution in [2.75, 3.05) is 0 Å². The summed E-state index contributed by atoms with van der Waals surface area (Å²) in [4.78, 5) is 14.9. The van der Waals surface area contributed by atoms with E-state index in [9.17, 15) is 9.90 Å². The highest BCUT2D eigenvalue weighted by molar-refractivity contribution is 5.80. The number of amides is 1. The van der Waals surface area contributed by atoms with Crippen molar-refractivity contribution in [3.05, 3.63) is 36.0 Å². The first-order valence-electron chi connectivity index (χ1n) is 6.57. The SMILES string of the molecule is CC(C)C(O)CC(=O)NCc1cc2ccccc2[nH]1. The van der Waals surface area contributed by atoms with Crippen LogP contribution in [0.4, 0.5) is 0 Å². The number of benzene rings is 1. The van der Waals surface area contributed by atoms with Gasteiger partial charge in [-0.1, -0.05) is 32.0 Å². The van der Waals surface area contributed by atoms with Gasteiger partial charge in [-0.15, -0.1) is 0 Å². The number of hydrogen-bond acceptors (Lipinski definition) is 2. The summed E-state index contributed by atoms with van der Waals surface area (Å²) in [6.45, 7) is 4.25. The molecule has 0 aliphatic carbocycles. The second kappa shape index (κ2) is 5.89. The molecule has 1 heterocycles. The Bertz CT molecular complexity index is 527. The van der Waals surface area contributed by atoms with Crippen LogP contribution < -0.4 is 5.32 Å². The topological polar surface area (TPSA) is 65.1 Å². The molecule has 0 fully saturated rings. The van der Waals surface area contributed by atoms with Crippen LogP contribution in [0.2, 0.25) is 0 Å². The van der Waals surface area contributed by atoms with E-state index < -0.39 is 6.10 Å². The van der Waals surface area contributed by atoms with Crippen molar-refractivity contribution < 1.29 is 9.90 Å². The summed E-state index contributed by atoms with van der Waals surface area (Å²) < 4.78 is 0. The highest BCUT2D eigenvalue weighted by Gasteiger charge is 2.14. The summed E-state index contributed by atoms with van der Waals surface area (Å²) in [5.74, 6) is -0.0290. The van der Waals surface area contributed by atoms with E-state index in [4.69, 9.17) is 0 Å². The number of aromatic nitrogens is 1. The highest BCUT2D eigenvalue weighted by Crippen LogP contribution is 2.14. The van der Waals surface area contributed by atoms with E-state index in [0.717, 1.165) is 16.6 Å². The van der Waals surface area contributed by atoms with E-state index in [-0.39, 0.29) is 18.2 Å². The molecule has 1 atom stereocenters. The molecular weight excluding hydrogens is 240 g/mol. The van der Waals surface area contributed by atoms with Gasteiger partial charge in [-0.3, -0.25) is 4.79 Å². The summed E-state index contributed by atoms with van der Waals surface area (Å²) >= 11 is 0. The van der Waals surface area contributed by atoms with Crippen molar-refractivity contribution >= 4 is 16.8 Å². The van der Waals surface area contributed by atoms with Crippen molar-refractivity contribution in [2.24, 2.45) is 5.92 Å². The largest absolute Gasteiger partial charge is 0.392 e. The third-order valence-corrected chi connectivity index (χ3v) is 3.23. The normalized spacial score (nSPS) is 12.8. The third-order valence-electron chi connectivity index (χ3n) is 3.23. The number of aliphatic hydroxyl groups excluding tert-OH is 1. The van der Waals surface area contributed by atoms with Crippen molar-refractivity contribution in [3.8, 4) is 0 Å². The van der Waals surface area contributed by atoms with Gasteiger partial charge in [0.2, 0.25) is 5.91 Å². The van der Waals surface area contributed by atoms with Crippen molar-refractivity contribution in [1.29, 1.82) is 0 Å². The highest BCUT2D eigenvalue weighted by atomic mass is 16.3. The van der Waals surface area contributed by atoms with Crippen molar-refractivity contribution in [1.82, 2.24) is 10.3 Å². The molecule has 4 nitrogen and oxygen atoms in total. The minimum absolute atomic E-state index is 0.0961. The van der Waals surface area contributed by atoms with E-state index in [2.05, 4.69) is 10.3 Å². The van der Waals surface area contributed by atoms with E-state index >= 15 is 0 Å². The minimum atomic E-state index is -0.581. The Morgan fingerprint density at radius 1 is 1.37 bits per heavy atom. The summed E-state index contributed by atoms with van der Waals surface area (Å²) in [6, 6.07) is 10.0. The first-order chi connectivity index (χ1) is 9.06. The molecule has 4 heteroatoms. The van der Waals surface area contributed by atoms with Crippen molar-refractivity contribution in [2.45, 2.75) is 32.9 Å². The van der Waals surface area contributed by atoms with Crippen LogP contribution in [0.1, 0.15) is 26.0 Å². The molecule has 2 rings (SSSR count). The Morgan fingerprint density at radius 2 is 2.11 bits per heavy atom. The van der Waals surface area contributed by atoms with Crippen LogP contribution in [0.25, 0.3) is 10.9 Å². The summed E-state index contributed by atoms with van der Waals surface area (Å²) in [5.41, 5.74) is 2.03. The zero-order chi connectivity index (χ0) is 13.8. The number of rotatable bonds is 5. The molecule has 0 aliphatic rings. The number of para-hydroxylation sites is 1. The van der Waals surface area contributed by atoms with Gasteiger partial charge in [0.1, 0.15) is 0 Å². The van der Waals surface area contributed by atoms with E-state index in [1.807, 2.05) is 44.2 Å². The molecule has 1 aromatic heterocycles. The van der Waals surface area contributed by atoms with Gasteiger partial charge in [0.15, 0.2) is 0 Å². The number of H-pyrrole nitrogens is 1. The lowest BCUT2D eigenvalue weighted by atomic mass is 10.0. The Morgan fingerprint density at radius 3 is 2.79 bits per heavy atom. The summed E-state index contributed by atoms with van der Waals surface area (Å²) in [5, 5.41) is 13.6. The fraction of sp³-hybridized carbons (Fsp3) is 0.400. The quantitative estimate of drug-likeness (QED) is 0.771. The van der Waals surface area contributed by atoms with Crippen LogP contribution >= 0.6 is 0 Å². The molecule has 0 aliphatic heterocycles. The zero-order valence-corrected chi connectivity index (χ0v) is 11.3. The maximum Gasteiger partial charge on any atom is 0.222 e. The number of fused-ring (bicyclic) bond motifs is 1. The molecule has 0 saturated heterocycles. The fourth-order valence-corrected chi connectivity index (χ4v) is 1.92. The maximum absolute atomic E-state index is 11.7. The van der Waals surface area contributed by atoms with Crippen LogP contribution in [0, 0.1) is 5.92 Å². The number of aliphatic hydroxyl groups is 1. The van der Waals surface area contributed by atoms with Crippen LogP contribution in [0.15, 0.2) is 30.3 Å². The molecule has 1 aromatic carbocycles. The zero-order valence-electron chi connectivity index (χ0n) is 11.3. The molecular formula is C15H20N2O2. The van der Waals surface area contributed by atoms with E-state index in [1.165, 1.54) is 0 Å². The second-order valence-corrected chi connectivity index (χ2v) is 5.17. The Labute approximate surface area is 112 Å². The van der Waals surface area contributed by atoms with Crippen LogP contribution in [-0.2, 0) is 11.3 Å². The molecule has 2 aromatic rings. The van der Waals surface area contributed by atoms with Gasteiger partial charge in [-0.05, 0) is 23.4 Å². The van der Waals surface area contributed by atoms with Gasteiger partial charge in [0.05, 0.1) is 19.1 Å². The Balaban J connectivity index is 1.90. The fourth-order valence-electron chi connectivity index (χ4n) is 1.92. The average Bonchev–Trinajstić information content (AvgIpc) is 2.78. The van der Waals surface area contributed by atoms with Gasteiger partial charge in [-0.25, -0.2) is 0 Å². The van der Waals surface area contributed by atoms with Crippen LogP contribution in [-0.4, -0.2) is 22.1 Å². The van der Waals surface area contributed by atoms with Crippen LogP contribution in [0.3, 0.4) is 0 Å². The first-order valence-corrected chi connectivity index (χ1v) is 6.57. The molecule has 1 unspecified atom stereocenters. The van der Waals surface area contributed by atoms with Gasteiger partial charge in [0, 0.05) is 11.2 Å². The molecule has 0 saturated carbocycles. The Kier molecular flexibility index (Phi) is 4.22. The second-order valence-electron chi connectivity index (χ2n) is 5.17. The number of nitrogens with one attached hydrogen (secondary N) is 2. The molecule has 102 valence electrons. The van der Waals surface area contributed by atoms with E-state index in [1.54, 1.807) is 0 Å². The number of carbonyl (C=O) groups is 1. The summed E-state index contributed by atoms with van der Waals surface area (Å²) in [6.07, 6.45) is -0.430. The van der Waals surface area contributed by atoms with Gasteiger partial charge < -0.3 is 15.4 Å². The maximum atomic E-state index is 11.7. The van der Waals surface area contributed by atoms with Gasteiger partial charge in [0.25, 0.3) is 0 Å². The van der Waals surface area contributed by atoms with Gasteiger partial charge in [-0.2, -0.15) is 0 Å². The number of aromatic amines is 1. The predicted molar refractivity (Wildman–Crippen MR) is 75.6 cm³/mol. The number of carbonyl (C=O) groups excluding carboxylic acids is 1. The third kappa shape index (κ3) is 3.58. The predicted octanol–water partition coefficient (Wildman–Crippen LogP) is 2.19. The molecule has 3 N–H and O–H groups in total. The van der Waals surface area contributed by atoms with Gasteiger partial charge >= 0.3 is 0 Å². The average molecular weight is 260 g/mol. The van der Waals surface area contributed by atoms with E-state index in [0.29, 0.717) is 6.54 Å². The molecule has 1 amide bonds. The molecule has 19 heavy (non-hydrogen) atoms. The minimum Gasteiger partial charge on any atom is -0.392 e. The lowest BCUT2D eigenvalue weighted by Gasteiger charge is -2.13. The standard InChI is InChI=1S/C15H20N2O2/c1-10(2)14(18)8-15(19)16-9-12-7-11-5-3-4-6-13(11)17-12/h3-7,10,14,17-18H,8-9H2,1-2H3,(H,16,19). The lowest BCUT2D eigenvalue weighted by molar-refractivity contribution is -0.123.